The molecule has 1 amide bonds. The normalized spacial score (nSPS) is 17.0. The van der Waals surface area contributed by atoms with E-state index in [9.17, 15) is 13.2 Å². The summed E-state index contributed by atoms with van der Waals surface area (Å²) in [5.41, 5.74) is 0.332. The second-order valence-corrected chi connectivity index (χ2v) is 7.36. The van der Waals surface area contributed by atoms with Gasteiger partial charge in [-0.2, -0.15) is 5.10 Å². The maximum absolute atomic E-state index is 12.3. The van der Waals surface area contributed by atoms with Crippen molar-refractivity contribution >= 4 is 15.9 Å². The van der Waals surface area contributed by atoms with Crippen LogP contribution in [0, 0.1) is 5.92 Å². The maximum Gasteiger partial charge on any atom is 0.273 e. The predicted molar refractivity (Wildman–Crippen MR) is 78.3 cm³/mol. The van der Waals surface area contributed by atoms with Crippen molar-refractivity contribution in [3.8, 4) is 0 Å². The number of aromatic amines is 1. The Hall–Kier alpha value is -1.41. The number of hydrogen-bond donors (Lipinski definition) is 3. The van der Waals surface area contributed by atoms with Gasteiger partial charge in [0.15, 0.2) is 5.69 Å². The lowest BCUT2D eigenvalue weighted by Gasteiger charge is -2.20. The summed E-state index contributed by atoms with van der Waals surface area (Å²) >= 11 is 0. The van der Waals surface area contributed by atoms with Gasteiger partial charge in [0, 0.05) is 12.0 Å². The van der Waals surface area contributed by atoms with Crippen LogP contribution < -0.4 is 10.5 Å². The van der Waals surface area contributed by atoms with Gasteiger partial charge in [0.25, 0.3) is 5.91 Å². The molecule has 118 valence electrons. The molecule has 0 radical (unpaired) electrons. The zero-order valence-electron chi connectivity index (χ0n) is 12.5. The molecule has 1 aromatic rings. The van der Waals surface area contributed by atoms with Gasteiger partial charge < -0.3 is 5.32 Å². The Labute approximate surface area is 124 Å². The van der Waals surface area contributed by atoms with Gasteiger partial charge in [-0.15, -0.1) is 0 Å². The second-order valence-electron chi connectivity index (χ2n) is 5.87. The molecule has 8 heteroatoms. The highest BCUT2D eigenvalue weighted by Crippen LogP contribution is 2.42. The van der Waals surface area contributed by atoms with Crippen molar-refractivity contribution in [1.82, 2.24) is 15.5 Å². The van der Waals surface area contributed by atoms with Crippen LogP contribution >= 0.6 is 0 Å². The number of hydrogen-bond acceptors (Lipinski definition) is 4. The Morgan fingerprint density at radius 1 is 1.48 bits per heavy atom. The molecular weight excluding hydrogens is 292 g/mol. The molecule has 1 atom stereocenters. The third-order valence-electron chi connectivity index (χ3n) is 3.79. The van der Waals surface area contributed by atoms with Crippen molar-refractivity contribution in [3.05, 3.63) is 11.4 Å². The van der Waals surface area contributed by atoms with Crippen LogP contribution in [0.4, 0.5) is 0 Å². The summed E-state index contributed by atoms with van der Waals surface area (Å²) in [6.07, 6.45) is 2.53. The lowest BCUT2D eigenvalue weighted by Crippen LogP contribution is -2.39. The molecule has 0 aliphatic heterocycles. The number of rotatable bonds is 6. The maximum atomic E-state index is 12.3. The average Bonchev–Trinajstić information content (AvgIpc) is 3.12. The summed E-state index contributed by atoms with van der Waals surface area (Å²) in [6.45, 7) is 5.95. The van der Waals surface area contributed by atoms with E-state index in [1.165, 1.54) is 0 Å². The first kappa shape index (κ1) is 16.0. The fourth-order valence-corrected chi connectivity index (χ4v) is 3.34. The SMILES string of the molecule is CCC(NC(=O)c1n[nH]c(C2CC2)c1S(N)(=O)=O)C(C)C. The Morgan fingerprint density at radius 2 is 2.10 bits per heavy atom. The molecule has 0 aromatic carbocycles. The zero-order chi connectivity index (χ0) is 15.8. The van der Waals surface area contributed by atoms with Gasteiger partial charge in [-0.3, -0.25) is 9.89 Å². The monoisotopic (exact) mass is 314 g/mol. The van der Waals surface area contributed by atoms with Crippen LogP contribution in [0.1, 0.15) is 62.1 Å². The summed E-state index contributed by atoms with van der Waals surface area (Å²) < 4.78 is 23.6. The highest BCUT2D eigenvalue weighted by Gasteiger charge is 2.36. The number of H-pyrrole nitrogens is 1. The van der Waals surface area contributed by atoms with Crippen molar-refractivity contribution in [2.24, 2.45) is 11.1 Å². The van der Waals surface area contributed by atoms with E-state index in [-0.39, 0.29) is 28.5 Å². The minimum absolute atomic E-state index is 0.0353. The predicted octanol–water partition coefficient (Wildman–Crippen LogP) is 1.10. The number of nitrogens with two attached hydrogens (primary N) is 1. The quantitative estimate of drug-likeness (QED) is 0.728. The molecule has 21 heavy (non-hydrogen) atoms. The Morgan fingerprint density at radius 3 is 2.52 bits per heavy atom. The van der Waals surface area contributed by atoms with Crippen molar-refractivity contribution in [3.63, 3.8) is 0 Å². The Bertz CT molecular complexity index is 632. The Kier molecular flexibility index (Phi) is 4.38. The summed E-state index contributed by atoms with van der Waals surface area (Å²) in [7, 11) is -3.99. The lowest BCUT2D eigenvalue weighted by molar-refractivity contribution is 0.0916. The number of amides is 1. The summed E-state index contributed by atoms with van der Waals surface area (Å²) in [5, 5.41) is 14.7. The van der Waals surface area contributed by atoms with E-state index in [1.54, 1.807) is 0 Å². The van der Waals surface area contributed by atoms with Crippen LogP contribution in [0.15, 0.2) is 4.90 Å². The van der Waals surface area contributed by atoms with Crippen molar-refractivity contribution in [2.75, 3.05) is 0 Å². The topological polar surface area (TPSA) is 118 Å². The molecule has 0 saturated heterocycles. The molecule has 1 fully saturated rings. The van der Waals surface area contributed by atoms with Crippen LogP contribution in [-0.4, -0.2) is 30.6 Å². The fraction of sp³-hybridized carbons (Fsp3) is 0.692. The van der Waals surface area contributed by atoms with Crippen LogP contribution in [0.3, 0.4) is 0 Å². The lowest BCUT2D eigenvalue weighted by atomic mass is 10.0. The van der Waals surface area contributed by atoms with E-state index >= 15 is 0 Å². The molecule has 1 unspecified atom stereocenters. The molecule has 0 spiro atoms. The van der Waals surface area contributed by atoms with Crippen LogP contribution in [0.2, 0.25) is 0 Å². The number of aromatic nitrogens is 2. The van der Waals surface area contributed by atoms with Crippen LogP contribution in [-0.2, 0) is 10.0 Å². The van der Waals surface area contributed by atoms with E-state index in [0.29, 0.717) is 5.69 Å². The first-order valence-corrected chi connectivity index (χ1v) is 8.72. The number of sulfonamides is 1. The second kappa shape index (κ2) is 5.76. The van der Waals surface area contributed by atoms with Crippen LogP contribution in [0.5, 0.6) is 0 Å². The van der Waals surface area contributed by atoms with E-state index in [4.69, 9.17) is 5.14 Å². The summed E-state index contributed by atoms with van der Waals surface area (Å²) in [4.78, 5) is 12.2. The smallest absolute Gasteiger partial charge is 0.273 e. The zero-order valence-corrected chi connectivity index (χ0v) is 13.3. The molecule has 1 saturated carbocycles. The number of nitrogens with one attached hydrogen (secondary N) is 2. The minimum atomic E-state index is -3.99. The van der Waals surface area contributed by atoms with Gasteiger partial charge in [0.05, 0.1) is 5.69 Å². The van der Waals surface area contributed by atoms with E-state index in [2.05, 4.69) is 15.5 Å². The van der Waals surface area contributed by atoms with Crippen molar-refractivity contribution < 1.29 is 13.2 Å². The largest absolute Gasteiger partial charge is 0.348 e. The average molecular weight is 314 g/mol. The van der Waals surface area contributed by atoms with Crippen molar-refractivity contribution in [1.29, 1.82) is 0 Å². The number of carbonyl (C=O) groups is 1. The van der Waals surface area contributed by atoms with E-state index in [1.807, 2.05) is 20.8 Å². The van der Waals surface area contributed by atoms with E-state index in [0.717, 1.165) is 19.3 Å². The van der Waals surface area contributed by atoms with Crippen molar-refractivity contribution in [2.45, 2.75) is 56.9 Å². The highest BCUT2D eigenvalue weighted by molar-refractivity contribution is 7.89. The minimum Gasteiger partial charge on any atom is -0.348 e. The molecule has 1 aliphatic carbocycles. The molecule has 2 rings (SSSR count). The molecule has 4 N–H and O–H groups in total. The molecule has 7 nitrogen and oxygen atoms in total. The highest BCUT2D eigenvalue weighted by atomic mass is 32.2. The molecular formula is C13H22N4O3S. The van der Waals surface area contributed by atoms with Gasteiger partial charge in [0.1, 0.15) is 4.90 Å². The van der Waals surface area contributed by atoms with E-state index < -0.39 is 15.9 Å². The van der Waals surface area contributed by atoms with Gasteiger partial charge in [0.2, 0.25) is 10.0 Å². The molecule has 1 aromatic heterocycles. The number of primary sulfonamides is 1. The first-order chi connectivity index (χ1) is 9.75. The third-order valence-corrected chi connectivity index (χ3v) is 4.78. The van der Waals surface area contributed by atoms with Crippen LogP contribution in [0.25, 0.3) is 0 Å². The fourth-order valence-electron chi connectivity index (χ4n) is 2.41. The first-order valence-electron chi connectivity index (χ1n) is 7.17. The summed E-state index contributed by atoms with van der Waals surface area (Å²) in [5.74, 6) is -0.138. The third kappa shape index (κ3) is 3.44. The molecule has 0 bridgehead atoms. The number of carbonyl (C=O) groups excluding carboxylic acids is 1. The molecule has 1 aliphatic rings. The van der Waals surface area contributed by atoms with Gasteiger partial charge >= 0.3 is 0 Å². The standard InChI is InChI=1S/C13H22N4O3S/c1-4-9(7(2)3)15-13(18)11-12(21(14,19)20)10(16-17-11)8-5-6-8/h7-9H,4-6H2,1-3H3,(H,15,18)(H,16,17)(H2,14,19,20). The Balaban J connectivity index is 2.33. The number of nitrogens with zero attached hydrogens (tertiary/aromatic N) is 1. The van der Waals surface area contributed by atoms with Gasteiger partial charge in [-0.05, 0) is 25.2 Å². The van der Waals surface area contributed by atoms with Gasteiger partial charge in [-0.1, -0.05) is 20.8 Å². The van der Waals surface area contributed by atoms with Gasteiger partial charge in [-0.25, -0.2) is 13.6 Å². The molecule has 1 heterocycles. The summed E-state index contributed by atoms with van der Waals surface area (Å²) in [6, 6.07) is -0.0353.